The number of nitrogens with one attached hydrogen (secondary N) is 2. The van der Waals surface area contributed by atoms with Gasteiger partial charge in [0.15, 0.2) is 0 Å². The van der Waals surface area contributed by atoms with Gasteiger partial charge in [0.05, 0.1) is 5.56 Å². The molecule has 0 radical (unpaired) electrons. The van der Waals surface area contributed by atoms with Gasteiger partial charge in [0.2, 0.25) is 0 Å². The lowest BCUT2D eigenvalue weighted by Crippen LogP contribution is -2.40. The predicted octanol–water partition coefficient (Wildman–Crippen LogP) is 3.27. The van der Waals surface area contributed by atoms with Crippen LogP contribution in [0.15, 0.2) is 39.2 Å². The maximum Gasteiger partial charge on any atom is 0.273 e. The lowest BCUT2D eigenvalue weighted by Gasteiger charge is -2.04. The molecule has 7 heteroatoms. The standard InChI is InChI=1S/C16H14BrFN2O3/c1-9-7-13(10(2)23-9)16(22)20-19-15(21)6-3-11-8-12(17)4-5-14(11)18/h3-8H,1-2H3,(H,19,21)(H,20,22). The molecule has 0 saturated heterocycles. The van der Waals surface area contributed by atoms with Crippen LogP contribution in [0.5, 0.6) is 0 Å². The lowest BCUT2D eigenvalue weighted by atomic mass is 10.2. The zero-order chi connectivity index (χ0) is 17.0. The summed E-state index contributed by atoms with van der Waals surface area (Å²) in [6, 6.07) is 5.95. The first-order chi connectivity index (χ1) is 10.9. The van der Waals surface area contributed by atoms with Crippen LogP contribution in [0.3, 0.4) is 0 Å². The van der Waals surface area contributed by atoms with Crippen LogP contribution in [0.25, 0.3) is 6.08 Å². The van der Waals surface area contributed by atoms with Crippen molar-refractivity contribution in [2.75, 3.05) is 0 Å². The summed E-state index contributed by atoms with van der Waals surface area (Å²) in [4.78, 5) is 23.5. The smallest absolute Gasteiger partial charge is 0.273 e. The van der Waals surface area contributed by atoms with Crippen LogP contribution < -0.4 is 10.9 Å². The van der Waals surface area contributed by atoms with Crippen LogP contribution in [0.4, 0.5) is 4.39 Å². The van der Waals surface area contributed by atoms with Crippen molar-refractivity contribution in [3.63, 3.8) is 0 Å². The molecule has 2 N–H and O–H groups in total. The predicted molar refractivity (Wildman–Crippen MR) is 86.9 cm³/mol. The van der Waals surface area contributed by atoms with Gasteiger partial charge < -0.3 is 4.42 Å². The number of hydrazine groups is 1. The first kappa shape index (κ1) is 17.0. The molecule has 2 rings (SSSR count). The Morgan fingerprint density at radius 2 is 1.96 bits per heavy atom. The molecule has 0 aliphatic heterocycles. The highest BCUT2D eigenvalue weighted by molar-refractivity contribution is 9.10. The third-order valence-electron chi connectivity index (χ3n) is 2.96. The molecular weight excluding hydrogens is 367 g/mol. The van der Waals surface area contributed by atoms with Crippen molar-refractivity contribution in [2.24, 2.45) is 0 Å². The van der Waals surface area contributed by atoms with Crippen molar-refractivity contribution in [3.8, 4) is 0 Å². The van der Waals surface area contributed by atoms with Gasteiger partial charge in [-0.05, 0) is 44.2 Å². The second-order valence-corrected chi connectivity index (χ2v) is 5.69. The highest BCUT2D eigenvalue weighted by atomic mass is 79.9. The molecule has 0 aliphatic carbocycles. The van der Waals surface area contributed by atoms with Gasteiger partial charge in [-0.1, -0.05) is 15.9 Å². The Morgan fingerprint density at radius 1 is 1.22 bits per heavy atom. The second kappa shape index (κ2) is 7.23. The van der Waals surface area contributed by atoms with Gasteiger partial charge >= 0.3 is 0 Å². The van der Waals surface area contributed by atoms with E-state index in [0.717, 1.165) is 6.08 Å². The van der Waals surface area contributed by atoms with Crippen LogP contribution >= 0.6 is 15.9 Å². The fourth-order valence-electron chi connectivity index (χ4n) is 1.89. The second-order valence-electron chi connectivity index (χ2n) is 4.77. The average molecular weight is 381 g/mol. The molecule has 120 valence electrons. The van der Waals surface area contributed by atoms with Crippen molar-refractivity contribution in [2.45, 2.75) is 13.8 Å². The molecule has 0 saturated carbocycles. The van der Waals surface area contributed by atoms with E-state index in [1.165, 1.54) is 18.2 Å². The summed E-state index contributed by atoms with van der Waals surface area (Å²) in [5, 5.41) is 0. The Kier molecular flexibility index (Phi) is 5.33. The summed E-state index contributed by atoms with van der Waals surface area (Å²) in [7, 11) is 0. The quantitative estimate of drug-likeness (QED) is 0.633. The number of halogens is 2. The Hall–Kier alpha value is -2.41. The van der Waals surface area contributed by atoms with Gasteiger partial charge in [0.1, 0.15) is 17.3 Å². The Bertz CT molecular complexity index is 784. The van der Waals surface area contributed by atoms with Gasteiger partial charge in [-0.2, -0.15) is 0 Å². The molecule has 23 heavy (non-hydrogen) atoms. The van der Waals surface area contributed by atoms with Crippen LogP contribution in [0.1, 0.15) is 27.4 Å². The summed E-state index contributed by atoms with van der Waals surface area (Å²) >= 11 is 3.22. The van der Waals surface area contributed by atoms with Gasteiger partial charge in [-0.25, -0.2) is 4.39 Å². The van der Waals surface area contributed by atoms with Gasteiger partial charge in [0.25, 0.3) is 11.8 Å². The van der Waals surface area contributed by atoms with E-state index in [1.807, 2.05) is 0 Å². The van der Waals surface area contributed by atoms with Crippen molar-refractivity contribution in [1.82, 2.24) is 10.9 Å². The molecular formula is C16H14BrFN2O3. The van der Waals surface area contributed by atoms with Crippen LogP contribution in [0.2, 0.25) is 0 Å². The molecule has 1 aromatic heterocycles. The molecule has 1 aromatic carbocycles. The lowest BCUT2D eigenvalue weighted by molar-refractivity contribution is -0.117. The van der Waals surface area contributed by atoms with E-state index < -0.39 is 17.6 Å². The highest BCUT2D eigenvalue weighted by Gasteiger charge is 2.13. The molecule has 0 aliphatic rings. The van der Waals surface area contributed by atoms with Crippen LogP contribution in [-0.4, -0.2) is 11.8 Å². The molecule has 1 heterocycles. The van der Waals surface area contributed by atoms with Crippen LogP contribution in [0, 0.1) is 19.7 Å². The number of furan rings is 1. The summed E-state index contributed by atoms with van der Waals surface area (Å²) < 4.78 is 19.4. The number of hydrogen-bond acceptors (Lipinski definition) is 3. The average Bonchev–Trinajstić information content (AvgIpc) is 2.84. The Balaban J connectivity index is 1.95. The Labute approximate surface area is 140 Å². The third-order valence-corrected chi connectivity index (χ3v) is 3.45. The zero-order valence-electron chi connectivity index (χ0n) is 12.4. The third kappa shape index (κ3) is 4.53. The maximum atomic E-state index is 13.5. The summed E-state index contributed by atoms with van der Waals surface area (Å²) in [5.74, 6) is -0.471. The number of carbonyl (C=O) groups is 2. The Morgan fingerprint density at radius 3 is 2.61 bits per heavy atom. The molecule has 0 unspecified atom stereocenters. The fraction of sp³-hybridized carbons (Fsp3) is 0.125. The number of aryl methyl sites for hydroxylation is 2. The van der Waals surface area contributed by atoms with E-state index in [-0.39, 0.29) is 5.56 Å². The first-order valence-corrected chi connectivity index (χ1v) is 7.46. The molecule has 0 atom stereocenters. The zero-order valence-corrected chi connectivity index (χ0v) is 14.0. The number of carbonyl (C=O) groups excluding carboxylic acids is 2. The van der Waals surface area contributed by atoms with E-state index in [4.69, 9.17) is 4.42 Å². The first-order valence-electron chi connectivity index (χ1n) is 6.67. The van der Waals surface area contributed by atoms with Crippen molar-refractivity contribution in [1.29, 1.82) is 0 Å². The molecule has 0 spiro atoms. The summed E-state index contributed by atoms with van der Waals surface area (Å²) in [5.41, 5.74) is 5.07. The van der Waals surface area contributed by atoms with E-state index in [1.54, 1.807) is 26.0 Å². The molecule has 0 fully saturated rings. The molecule has 2 amide bonds. The fourth-order valence-corrected chi connectivity index (χ4v) is 2.27. The normalized spacial score (nSPS) is 10.8. The minimum atomic E-state index is -0.587. The van der Waals surface area contributed by atoms with Gasteiger partial charge in [-0.3, -0.25) is 20.4 Å². The largest absolute Gasteiger partial charge is 0.466 e. The number of amides is 2. The van der Waals surface area contributed by atoms with Gasteiger partial charge in [0, 0.05) is 16.1 Å². The van der Waals surface area contributed by atoms with Crippen molar-refractivity contribution in [3.05, 3.63) is 63.3 Å². The maximum absolute atomic E-state index is 13.5. The summed E-state index contributed by atoms with van der Waals surface area (Å²) in [6.45, 7) is 3.37. The number of benzene rings is 1. The molecule has 0 bridgehead atoms. The van der Waals surface area contributed by atoms with E-state index in [2.05, 4.69) is 26.8 Å². The number of rotatable bonds is 3. The molecule has 5 nitrogen and oxygen atoms in total. The van der Waals surface area contributed by atoms with E-state index in [9.17, 15) is 14.0 Å². The topological polar surface area (TPSA) is 71.3 Å². The number of hydrogen-bond donors (Lipinski definition) is 2. The SMILES string of the molecule is Cc1cc(C(=O)NNC(=O)C=Cc2cc(Br)ccc2F)c(C)o1. The van der Waals surface area contributed by atoms with Crippen LogP contribution in [-0.2, 0) is 4.79 Å². The van der Waals surface area contributed by atoms with Crippen molar-refractivity contribution < 1.29 is 18.4 Å². The summed E-state index contributed by atoms with van der Waals surface area (Å²) in [6.07, 6.45) is 2.44. The molecule has 2 aromatic rings. The minimum Gasteiger partial charge on any atom is -0.466 e. The van der Waals surface area contributed by atoms with Gasteiger partial charge in [-0.15, -0.1) is 0 Å². The van der Waals surface area contributed by atoms with E-state index >= 15 is 0 Å². The van der Waals surface area contributed by atoms with Crippen molar-refractivity contribution >= 4 is 33.8 Å². The van der Waals surface area contributed by atoms with E-state index in [0.29, 0.717) is 21.6 Å². The minimum absolute atomic E-state index is 0.252. The highest BCUT2D eigenvalue weighted by Crippen LogP contribution is 2.16. The monoisotopic (exact) mass is 380 g/mol.